The average Bonchev–Trinajstić information content (AvgIpc) is 2.49. The molecule has 5 nitrogen and oxygen atoms in total. The maximum absolute atomic E-state index is 12.6. The maximum Gasteiger partial charge on any atom is 0.252 e. The van der Waals surface area contributed by atoms with Crippen LogP contribution in [0.25, 0.3) is 0 Å². The summed E-state index contributed by atoms with van der Waals surface area (Å²) in [4.78, 5) is 12.7. The van der Waals surface area contributed by atoms with Crippen molar-refractivity contribution in [1.82, 2.24) is 10.6 Å². The Morgan fingerprint density at radius 1 is 1.30 bits per heavy atom. The average molecular weight is 361 g/mol. The first-order valence-corrected chi connectivity index (χ1v) is 9.23. The highest BCUT2D eigenvalue weighted by Crippen LogP contribution is 2.21. The van der Waals surface area contributed by atoms with Crippen molar-refractivity contribution in [2.24, 2.45) is 5.92 Å². The fraction of sp³-hybridized carbons (Fsp3) is 0.562. The molecular formula is C16H25ClN2O3S. The molecule has 2 atom stereocenters. The first kappa shape index (κ1) is 19.9. The van der Waals surface area contributed by atoms with Gasteiger partial charge in [-0.05, 0) is 51.4 Å². The molecule has 0 aromatic heterocycles. The van der Waals surface area contributed by atoms with E-state index >= 15 is 0 Å². The van der Waals surface area contributed by atoms with Gasteiger partial charge in [-0.1, -0.05) is 19.1 Å². The van der Waals surface area contributed by atoms with Gasteiger partial charge >= 0.3 is 0 Å². The summed E-state index contributed by atoms with van der Waals surface area (Å²) < 4.78 is 24.8. The van der Waals surface area contributed by atoms with E-state index < -0.39 is 15.1 Å². The third-order valence-corrected chi connectivity index (χ3v) is 6.37. The summed E-state index contributed by atoms with van der Waals surface area (Å²) in [7, 11) is -3.48. The van der Waals surface area contributed by atoms with Crippen LogP contribution < -0.4 is 10.6 Å². The number of halogens is 1. The molecule has 1 aromatic rings. The van der Waals surface area contributed by atoms with E-state index in [-0.39, 0.29) is 34.8 Å². The minimum absolute atomic E-state index is 0. The molecule has 1 saturated heterocycles. The van der Waals surface area contributed by atoms with E-state index in [0.717, 1.165) is 19.5 Å². The van der Waals surface area contributed by atoms with Crippen molar-refractivity contribution >= 4 is 28.2 Å². The van der Waals surface area contributed by atoms with Crippen molar-refractivity contribution in [3.05, 3.63) is 29.8 Å². The monoisotopic (exact) mass is 360 g/mol. The van der Waals surface area contributed by atoms with E-state index in [1.54, 1.807) is 32.0 Å². The zero-order valence-corrected chi connectivity index (χ0v) is 15.3. The molecule has 7 heteroatoms. The molecule has 1 fully saturated rings. The molecular weight excluding hydrogens is 336 g/mol. The summed E-state index contributed by atoms with van der Waals surface area (Å²) in [6.07, 6.45) is 0.853. The predicted molar refractivity (Wildman–Crippen MR) is 93.9 cm³/mol. The van der Waals surface area contributed by atoms with Crippen molar-refractivity contribution < 1.29 is 13.2 Å². The second-order valence-corrected chi connectivity index (χ2v) is 8.61. The highest BCUT2D eigenvalue weighted by molar-refractivity contribution is 7.92. The molecule has 23 heavy (non-hydrogen) atoms. The van der Waals surface area contributed by atoms with Gasteiger partial charge in [-0.2, -0.15) is 0 Å². The van der Waals surface area contributed by atoms with Crippen molar-refractivity contribution in [2.45, 2.75) is 43.4 Å². The van der Waals surface area contributed by atoms with E-state index in [2.05, 4.69) is 17.6 Å². The Morgan fingerprint density at radius 2 is 1.96 bits per heavy atom. The minimum atomic E-state index is -3.48. The number of rotatable bonds is 4. The second kappa shape index (κ2) is 8.13. The molecule has 1 aliphatic rings. The number of sulfone groups is 1. The van der Waals surface area contributed by atoms with Gasteiger partial charge in [0.15, 0.2) is 9.84 Å². The fourth-order valence-electron chi connectivity index (χ4n) is 2.63. The molecule has 1 aliphatic heterocycles. The van der Waals surface area contributed by atoms with Crippen molar-refractivity contribution in [3.63, 3.8) is 0 Å². The smallest absolute Gasteiger partial charge is 0.252 e. The van der Waals surface area contributed by atoms with Gasteiger partial charge in [0, 0.05) is 6.04 Å². The minimum Gasteiger partial charge on any atom is -0.349 e. The highest BCUT2D eigenvalue weighted by atomic mass is 35.5. The van der Waals surface area contributed by atoms with Gasteiger partial charge < -0.3 is 10.6 Å². The standard InChI is InChI=1S/C16H24N2O3S.ClH/c1-11(2)22(20,21)15-7-5-4-6-13(15)16(19)18-14-8-9-17-10-12(14)3;/h4-7,11-12,14,17H,8-10H2,1-3H3,(H,18,19);1H. The number of hydrogen-bond donors (Lipinski definition) is 2. The second-order valence-electron chi connectivity index (χ2n) is 6.14. The zero-order chi connectivity index (χ0) is 16.3. The number of piperidine rings is 1. The Hall–Kier alpha value is -1.11. The Labute approximate surface area is 144 Å². The molecule has 2 rings (SSSR count). The number of amides is 1. The molecule has 0 saturated carbocycles. The molecule has 0 aliphatic carbocycles. The van der Waals surface area contributed by atoms with Gasteiger partial charge in [-0.25, -0.2) is 8.42 Å². The van der Waals surface area contributed by atoms with E-state index in [0.29, 0.717) is 5.92 Å². The predicted octanol–water partition coefficient (Wildman–Crippen LogP) is 2.02. The molecule has 130 valence electrons. The fourth-order valence-corrected chi connectivity index (χ4v) is 3.87. The van der Waals surface area contributed by atoms with Gasteiger partial charge in [0.25, 0.3) is 5.91 Å². The van der Waals surface area contributed by atoms with Crippen molar-refractivity contribution in [3.8, 4) is 0 Å². The summed E-state index contributed by atoms with van der Waals surface area (Å²) in [5, 5.41) is 5.72. The summed E-state index contributed by atoms with van der Waals surface area (Å²) in [6.45, 7) is 7.05. The SMILES string of the molecule is CC1CNCCC1NC(=O)c1ccccc1S(=O)(=O)C(C)C.Cl. The summed E-state index contributed by atoms with van der Waals surface area (Å²) in [5.74, 6) is 0.0187. The van der Waals surface area contributed by atoms with E-state index in [9.17, 15) is 13.2 Å². The molecule has 1 amide bonds. The summed E-state index contributed by atoms with van der Waals surface area (Å²) in [5.41, 5.74) is 0.238. The lowest BCUT2D eigenvalue weighted by atomic mass is 9.95. The highest BCUT2D eigenvalue weighted by Gasteiger charge is 2.28. The zero-order valence-electron chi connectivity index (χ0n) is 13.7. The first-order chi connectivity index (χ1) is 10.3. The van der Waals surface area contributed by atoms with Gasteiger partial charge in [0.2, 0.25) is 0 Å². The molecule has 2 N–H and O–H groups in total. The maximum atomic E-state index is 12.6. The lowest BCUT2D eigenvalue weighted by Gasteiger charge is -2.30. The molecule has 1 heterocycles. The molecule has 1 aromatic carbocycles. The number of nitrogens with one attached hydrogen (secondary N) is 2. The normalized spacial score (nSPS) is 21.6. The van der Waals surface area contributed by atoms with Gasteiger partial charge in [-0.15, -0.1) is 12.4 Å². The van der Waals surface area contributed by atoms with Crippen LogP contribution in [0.5, 0.6) is 0 Å². The Bertz CT molecular complexity index is 646. The number of benzene rings is 1. The van der Waals surface area contributed by atoms with Crippen LogP contribution in [-0.2, 0) is 9.84 Å². The van der Waals surface area contributed by atoms with Crippen molar-refractivity contribution in [2.75, 3.05) is 13.1 Å². The van der Waals surface area contributed by atoms with Crippen LogP contribution in [0.2, 0.25) is 0 Å². The van der Waals surface area contributed by atoms with E-state index in [1.807, 2.05) is 0 Å². The largest absolute Gasteiger partial charge is 0.349 e. The van der Waals surface area contributed by atoms with Crippen LogP contribution in [-0.4, -0.2) is 38.7 Å². The Morgan fingerprint density at radius 3 is 2.57 bits per heavy atom. The number of carbonyl (C=O) groups excluding carboxylic acids is 1. The summed E-state index contributed by atoms with van der Waals surface area (Å²) >= 11 is 0. The molecule has 2 unspecified atom stereocenters. The van der Waals surface area contributed by atoms with Crippen molar-refractivity contribution in [1.29, 1.82) is 0 Å². The Kier molecular flexibility index (Phi) is 7.04. The van der Waals surface area contributed by atoms with Gasteiger partial charge in [0.1, 0.15) is 0 Å². The van der Waals surface area contributed by atoms with Crippen LogP contribution in [0, 0.1) is 5.92 Å². The molecule has 0 radical (unpaired) electrons. The van der Waals surface area contributed by atoms with Crippen LogP contribution in [0.4, 0.5) is 0 Å². The summed E-state index contributed by atoms with van der Waals surface area (Å²) in [6, 6.07) is 6.51. The third kappa shape index (κ3) is 4.46. The first-order valence-electron chi connectivity index (χ1n) is 7.68. The third-order valence-electron chi connectivity index (χ3n) is 4.16. The number of carbonyl (C=O) groups is 1. The Balaban J connectivity index is 0.00000264. The van der Waals surface area contributed by atoms with Crippen LogP contribution in [0.1, 0.15) is 37.6 Å². The molecule has 0 spiro atoms. The quantitative estimate of drug-likeness (QED) is 0.861. The van der Waals surface area contributed by atoms with Crippen LogP contribution >= 0.6 is 12.4 Å². The van der Waals surface area contributed by atoms with Gasteiger partial charge in [-0.3, -0.25) is 4.79 Å². The molecule has 0 bridgehead atoms. The lowest BCUT2D eigenvalue weighted by Crippen LogP contribution is -2.48. The van der Waals surface area contributed by atoms with E-state index in [1.165, 1.54) is 6.07 Å². The van der Waals surface area contributed by atoms with Crippen LogP contribution in [0.15, 0.2) is 29.2 Å². The topological polar surface area (TPSA) is 75.3 Å². The number of hydrogen-bond acceptors (Lipinski definition) is 4. The van der Waals surface area contributed by atoms with Gasteiger partial charge in [0.05, 0.1) is 15.7 Å². The lowest BCUT2D eigenvalue weighted by molar-refractivity contribution is 0.0911. The van der Waals surface area contributed by atoms with Crippen LogP contribution in [0.3, 0.4) is 0 Å². The van der Waals surface area contributed by atoms with E-state index in [4.69, 9.17) is 0 Å².